The number of hydrogen-bond acceptors (Lipinski definition) is 7. The summed E-state index contributed by atoms with van der Waals surface area (Å²) < 4.78 is 1.21. The highest BCUT2D eigenvalue weighted by Crippen LogP contribution is 2.26. The normalized spacial score (nSPS) is 10.8. The largest absolute Gasteiger partial charge is 0.388 e. The number of benzene rings is 1. The van der Waals surface area contributed by atoms with Gasteiger partial charge in [0.05, 0.1) is 18.2 Å². The molecule has 0 aliphatic heterocycles. The van der Waals surface area contributed by atoms with Crippen molar-refractivity contribution in [2.24, 2.45) is 0 Å². The number of anilines is 2. The molecule has 0 bridgehead atoms. The fourth-order valence-electron chi connectivity index (χ4n) is 3.42. The summed E-state index contributed by atoms with van der Waals surface area (Å²) in [6.07, 6.45) is 0. The Balaban J connectivity index is 2.29. The van der Waals surface area contributed by atoms with Crippen molar-refractivity contribution in [1.82, 2.24) is 14.5 Å². The molecule has 9 nitrogen and oxygen atoms in total. The van der Waals surface area contributed by atoms with Gasteiger partial charge >= 0.3 is 11.6 Å². The molecule has 3 aromatic rings. The van der Waals surface area contributed by atoms with Crippen molar-refractivity contribution in [3.8, 4) is 6.07 Å². The molecule has 0 radical (unpaired) electrons. The molecular formula is C21H21ClN7O2+. The van der Waals surface area contributed by atoms with Crippen LogP contribution in [0.2, 0.25) is 5.15 Å². The number of nitriles is 1. The molecular weight excluding hydrogens is 418 g/mol. The third-order valence-electron chi connectivity index (χ3n) is 4.63. The van der Waals surface area contributed by atoms with Crippen LogP contribution in [0.1, 0.15) is 58.2 Å². The number of nitrogens with two attached hydrogens (primary N) is 2. The average Bonchev–Trinajstić information content (AvgIpc) is 2.67. The summed E-state index contributed by atoms with van der Waals surface area (Å²) in [5.41, 5.74) is 13.3. The maximum absolute atomic E-state index is 13.6. The topological polar surface area (TPSA) is 155 Å². The van der Waals surface area contributed by atoms with Crippen LogP contribution in [-0.4, -0.2) is 20.3 Å². The number of nitrogens with one attached hydrogen (secondary N) is 1. The lowest BCUT2D eigenvalue weighted by Crippen LogP contribution is -2.33. The van der Waals surface area contributed by atoms with Gasteiger partial charge < -0.3 is 5.73 Å². The molecule has 10 heteroatoms. The number of rotatable bonds is 5. The van der Waals surface area contributed by atoms with Crippen molar-refractivity contribution in [2.75, 3.05) is 11.5 Å². The number of aryl methyl sites for hydroxylation is 1. The Kier molecular flexibility index (Phi) is 6.04. The minimum absolute atomic E-state index is 0.0142. The summed E-state index contributed by atoms with van der Waals surface area (Å²) in [5.74, 6) is -0.603. The lowest BCUT2D eigenvalue weighted by atomic mass is 9.94. The van der Waals surface area contributed by atoms with Gasteiger partial charge in [0, 0.05) is 17.2 Å². The predicted molar refractivity (Wildman–Crippen MR) is 116 cm³/mol. The molecule has 0 aliphatic rings. The van der Waals surface area contributed by atoms with Crippen LogP contribution in [0.25, 0.3) is 0 Å². The summed E-state index contributed by atoms with van der Waals surface area (Å²) in [7, 11) is 0. The van der Waals surface area contributed by atoms with Crippen LogP contribution in [0.4, 0.5) is 11.8 Å². The Morgan fingerprint density at radius 3 is 2.58 bits per heavy atom. The zero-order chi connectivity index (χ0) is 22.9. The van der Waals surface area contributed by atoms with E-state index in [1.54, 1.807) is 19.1 Å². The van der Waals surface area contributed by atoms with Crippen LogP contribution in [0.5, 0.6) is 0 Å². The van der Waals surface area contributed by atoms with Crippen LogP contribution < -0.4 is 22.1 Å². The van der Waals surface area contributed by atoms with Gasteiger partial charge in [-0.15, -0.1) is 0 Å². The third-order valence-corrected chi connectivity index (χ3v) is 4.84. The van der Waals surface area contributed by atoms with Crippen LogP contribution in [0, 0.1) is 18.3 Å². The van der Waals surface area contributed by atoms with Gasteiger partial charge in [-0.25, -0.2) is 9.78 Å². The maximum Gasteiger partial charge on any atom is 0.388 e. The second kappa shape index (κ2) is 8.53. The molecule has 158 valence electrons. The average molecular weight is 439 g/mol. The van der Waals surface area contributed by atoms with Crippen molar-refractivity contribution in [3.05, 3.63) is 73.5 Å². The van der Waals surface area contributed by atoms with Gasteiger partial charge in [0.25, 0.3) is 0 Å². The fraction of sp³-hybridized carbons (Fsp3) is 0.238. The highest BCUT2D eigenvalue weighted by molar-refractivity contribution is 6.28. The first-order chi connectivity index (χ1) is 14.6. The molecule has 0 unspecified atom stereocenters. The molecule has 0 spiro atoms. The lowest BCUT2D eigenvalue weighted by Gasteiger charge is -2.19. The molecule has 0 atom stereocenters. The SMILES string of the molecule is Cc1cc(C#N)cc(C(=O)c2c(C(C)C)c(N)nc(=O)n2Cc2cc(Cl)[nH+]c(N)n2)c1. The van der Waals surface area contributed by atoms with Crippen molar-refractivity contribution >= 4 is 29.2 Å². The number of H-pyrrole nitrogens is 1. The van der Waals surface area contributed by atoms with Crippen LogP contribution in [0.15, 0.2) is 29.1 Å². The maximum atomic E-state index is 13.6. The minimum Gasteiger partial charge on any atom is -0.383 e. The van der Waals surface area contributed by atoms with Gasteiger partial charge in [0.1, 0.15) is 17.2 Å². The van der Waals surface area contributed by atoms with Crippen molar-refractivity contribution in [3.63, 3.8) is 0 Å². The van der Waals surface area contributed by atoms with E-state index < -0.39 is 11.5 Å². The zero-order valence-corrected chi connectivity index (χ0v) is 18.0. The quantitative estimate of drug-likeness (QED) is 0.454. The first-order valence-corrected chi connectivity index (χ1v) is 9.79. The molecule has 0 saturated heterocycles. The molecule has 2 heterocycles. The van der Waals surface area contributed by atoms with E-state index in [0.29, 0.717) is 16.8 Å². The van der Waals surface area contributed by atoms with E-state index in [1.807, 2.05) is 19.9 Å². The van der Waals surface area contributed by atoms with Gasteiger partial charge in [-0.3, -0.25) is 15.1 Å². The molecule has 0 fully saturated rings. The van der Waals surface area contributed by atoms with Crippen molar-refractivity contribution < 1.29 is 9.78 Å². The smallest absolute Gasteiger partial charge is 0.383 e. The molecule has 3 rings (SSSR count). The first-order valence-electron chi connectivity index (χ1n) is 9.41. The van der Waals surface area contributed by atoms with E-state index in [4.69, 9.17) is 23.1 Å². The van der Waals surface area contributed by atoms with E-state index in [0.717, 1.165) is 5.56 Å². The second-order valence-corrected chi connectivity index (χ2v) is 7.82. The molecule has 0 saturated carbocycles. The fourth-order valence-corrected chi connectivity index (χ4v) is 3.65. The van der Waals surface area contributed by atoms with E-state index >= 15 is 0 Å². The lowest BCUT2D eigenvalue weighted by molar-refractivity contribution is -0.362. The standard InChI is InChI=1S/C21H20ClN7O2/c1-10(2)16-17(18(30)13-5-11(3)4-12(6-13)8-23)29(21(31)28-19(16)24)9-14-7-15(22)27-20(25)26-14/h4-7,10H,9H2,1-3H3,(H2,24,28,31)(H2,25,26,27)/p+1. The van der Waals surface area contributed by atoms with E-state index in [9.17, 15) is 14.9 Å². The summed E-state index contributed by atoms with van der Waals surface area (Å²) in [4.78, 5) is 37.1. The molecule has 5 N–H and O–H groups in total. The van der Waals surface area contributed by atoms with Crippen molar-refractivity contribution in [2.45, 2.75) is 33.2 Å². The number of aromatic amines is 1. The molecule has 0 aliphatic carbocycles. The van der Waals surface area contributed by atoms with E-state index in [2.05, 4.69) is 15.0 Å². The van der Waals surface area contributed by atoms with Gasteiger partial charge in [0.15, 0.2) is 5.15 Å². The first kappa shape index (κ1) is 21.9. The van der Waals surface area contributed by atoms with Crippen molar-refractivity contribution in [1.29, 1.82) is 5.26 Å². The Hall–Kier alpha value is -3.77. The number of hydrogen-bond donors (Lipinski definition) is 2. The third kappa shape index (κ3) is 4.54. The van der Waals surface area contributed by atoms with E-state index in [-0.39, 0.29) is 40.6 Å². The number of aromatic nitrogens is 4. The summed E-state index contributed by atoms with van der Waals surface area (Å²) >= 11 is 6.02. The van der Waals surface area contributed by atoms with Crippen LogP contribution >= 0.6 is 11.6 Å². The molecule has 1 aromatic carbocycles. The number of carbonyl (C=O) groups is 1. The summed E-state index contributed by atoms with van der Waals surface area (Å²) in [6.45, 7) is 5.38. The molecule has 0 amide bonds. The summed E-state index contributed by atoms with van der Waals surface area (Å²) in [5, 5.41) is 9.52. The Labute approximate surface area is 183 Å². The number of nitrogen functional groups attached to an aromatic ring is 2. The minimum atomic E-state index is -0.706. The van der Waals surface area contributed by atoms with Gasteiger partial charge in [-0.05, 0) is 48.2 Å². The number of carbonyl (C=O) groups excluding carboxylic acids is 1. The van der Waals surface area contributed by atoms with Crippen LogP contribution in [-0.2, 0) is 6.54 Å². The number of nitrogens with zero attached hydrogens (tertiary/aromatic N) is 4. The van der Waals surface area contributed by atoms with E-state index in [1.165, 1.54) is 16.7 Å². The Morgan fingerprint density at radius 2 is 1.97 bits per heavy atom. The van der Waals surface area contributed by atoms with Gasteiger partial charge in [-0.1, -0.05) is 18.8 Å². The Morgan fingerprint density at radius 1 is 1.26 bits per heavy atom. The number of ketones is 1. The summed E-state index contributed by atoms with van der Waals surface area (Å²) in [6, 6.07) is 8.35. The zero-order valence-electron chi connectivity index (χ0n) is 17.2. The highest BCUT2D eigenvalue weighted by Gasteiger charge is 2.26. The van der Waals surface area contributed by atoms with Crippen LogP contribution in [0.3, 0.4) is 0 Å². The number of halogens is 1. The second-order valence-electron chi connectivity index (χ2n) is 7.42. The molecule has 2 aromatic heterocycles. The predicted octanol–water partition coefficient (Wildman–Crippen LogP) is 1.85. The van der Waals surface area contributed by atoms with Gasteiger partial charge in [-0.2, -0.15) is 10.2 Å². The monoisotopic (exact) mass is 438 g/mol. The van der Waals surface area contributed by atoms with Gasteiger partial charge in [0.2, 0.25) is 5.78 Å². The molecule has 31 heavy (non-hydrogen) atoms. The Bertz CT molecular complexity index is 1270. The highest BCUT2D eigenvalue weighted by atomic mass is 35.5.